The van der Waals surface area contributed by atoms with Crippen LogP contribution in [0.1, 0.15) is 0 Å². The third kappa shape index (κ3) is 14.5. The molecule has 1 fully saturated rings. The molecule has 0 amide bonds. The van der Waals surface area contributed by atoms with E-state index < -0.39 is 0 Å². The molecule has 0 aromatic rings. The van der Waals surface area contributed by atoms with Gasteiger partial charge in [0.1, 0.15) is 0 Å². The molecule has 0 spiro atoms. The molecular formula is C14H33Cl2MnN5. The fourth-order valence-corrected chi connectivity index (χ4v) is 2.14. The zero-order chi connectivity index (χ0) is 16.8. The number of likely N-dealkylation sites (N-methyl/N-ethyl adjacent to an activating group) is 4. The molecule has 0 aromatic carbocycles. The van der Waals surface area contributed by atoms with Crippen LogP contribution in [0, 0.1) is 0 Å². The number of nitrogens with zero attached hydrogens (tertiary/aromatic N) is 4. The third-order valence-electron chi connectivity index (χ3n) is 3.93. The predicted octanol–water partition coefficient (Wildman–Crippen LogP) is 0.693. The van der Waals surface area contributed by atoms with Crippen LogP contribution in [0.3, 0.4) is 0 Å². The quantitative estimate of drug-likeness (QED) is 0.607. The van der Waals surface area contributed by atoms with Gasteiger partial charge in [-0.3, -0.25) is 0 Å². The average molecular weight is 397 g/mol. The van der Waals surface area contributed by atoms with Gasteiger partial charge in [0.05, 0.1) is 0 Å². The molecule has 0 aromatic heterocycles. The Bertz CT molecular complexity index is 229. The van der Waals surface area contributed by atoms with Crippen molar-refractivity contribution in [2.24, 2.45) is 0 Å². The summed E-state index contributed by atoms with van der Waals surface area (Å²) in [6.45, 7) is 11.4. The van der Waals surface area contributed by atoms with Crippen molar-refractivity contribution in [2.45, 2.75) is 0 Å². The van der Waals surface area contributed by atoms with Gasteiger partial charge in [-0.25, -0.2) is 0 Å². The van der Waals surface area contributed by atoms with Gasteiger partial charge < -0.3 is 24.9 Å². The van der Waals surface area contributed by atoms with Crippen LogP contribution in [0.4, 0.5) is 0 Å². The van der Waals surface area contributed by atoms with E-state index in [1.54, 1.807) is 0 Å². The Labute approximate surface area is 151 Å². The fraction of sp³-hybridized carbons (Fsp3) is 1.00. The van der Waals surface area contributed by atoms with Crippen LogP contribution in [0.25, 0.3) is 0 Å². The fourth-order valence-electron chi connectivity index (χ4n) is 2.14. The second-order valence-electron chi connectivity index (χ2n) is 6.02. The minimum atomic E-state index is 0.00694. The summed E-state index contributed by atoms with van der Waals surface area (Å²) in [6.07, 6.45) is 0. The Balaban J connectivity index is 0.00000135. The minimum absolute atomic E-state index is 0.00694. The summed E-state index contributed by atoms with van der Waals surface area (Å²) < 4.78 is 0. The van der Waals surface area contributed by atoms with E-state index in [9.17, 15) is 0 Å². The Morgan fingerprint density at radius 3 is 1.09 bits per heavy atom. The van der Waals surface area contributed by atoms with Crippen molar-refractivity contribution in [3.63, 3.8) is 0 Å². The molecule has 0 radical (unpaired) electrons. The van der Waals surface area contributed by atoms with Crippen molar-refractivity contribution in [1.29, 1.82) is 0 Å². The van der Waals surface area contributed by atoms with E-state index in [1.807, 2.05) is 0 Å². The van der Waals surface area contributed by atoms with Gasteiger partial charge in [0, 0.05) is 65.4 Å². The summed E-state index contributed by atoms with van der Waals surface area (Å²) in [5.74, 6) is 0. The predicted molar refractivity (Wildman–Crippen MR) is 94.6 cm³/mol. The summed E-state index contributed by atoms with van der Waals surface area (Å²) in [5.41, 5.74) is 0. The van der Waals surface area contributed by atoms with Crippen LogP contribution in [0.2, 0.25) is 0 Å². The summed E-state index contributed by atoms with van der Waals surface area (Å²) in [4.78, 5) is 9.70. The first-order valence-corrected chi connectivity index (χ1v) is 11.1. The zero-order valence-electron chi connectivity index (χ0n) is 14.5. The number of hydrogen-bond acceptors (Lipinski definition) is 5. The third-order valence-corrected chi connectivity index (χ3v) is 3.93. The second kappa shape index (κ2) is 15.4. The Kier molecular flexibility index (Phi) is 16.1. The Hall–Kier alpha value is 0.899. The van der Waals surface area contributed by atoms with Crippen molar-refractivity contribution in [3.8, 4) is 0 Å². The van der Waals surface area contributed by atoms with Crippen LogP contribution in [-0.2, 0) is 13.1 Å². The normalized spacial score (nSPS) is 23.2. The molecule has 0 aliphatic carbocycles. The molecule has 0 unspecified atom stereocenters. The number of rotatable bonds is 0. The monoisotopic (exact) mass is 396 g/mol. The molecule has 1 aliphatic rings. The van der Waals surface area contributed by atoms with Crippen LogP contribution >= 0.6 is 20.2 Å². The summed E-state index contributed by atoms with van der Waals surface area (Å²) in [7, 11) is 18.5. The van der Waals surface area contributed by atoms with E-state index in [0.717, 1.165) is 65.4 Å². The standard InChI is InChI=1S/C14H33N5.2ClH.Mn/c1-16-7-5-15-6-8-17(2)10-12-19(4)14-13-18(3)11-9-16;;;/h15H,5-14H2,1-4H3;2*1H;/q;;;+2/p-2. The van der Waals surface area contributed by atoms with E-state index in [-0.39, 0.29) is 13.1 Å². The van der Waals surface area contributed by atoms with Crippen LogP contribution in [0.5, 0.6) is 0 Å². The molecule has 0 atom stereocenters. The van der Waals surface area contributed by atoms with Crippen molar-refractivity contribution in [2.75, 3.05) is 93.6 Å². The van der Waals surface area contributed by atoms with Crippen molar-refractivity contribution < 1.29 is 13.1 Å². The first-order chi connectivity index (χ1) is 10.5. The topological polar surface area (TPSA) is 25.0 Å². The summed E-state index contributed by atoms with van der Waals surface area (Å²) >= 11 is 0.00694. The van der Waals surface area contributed by atoms with Gasteiger partial charge in [0.15, 0.2) is 0 Å². The van der Waals surface area contributed by atoms with Gasteiger partial charge in [-0.05, 0) is 28.2 Å². The number of hydrogen-bond donors (Lipinski definition) is 1. The number of halogens is 2. The summed E-state index contributed by atoms with van der Waals surface area (Å²) in [6, 6.07) is 0. The van der Waals surface area contributed by atoms with Crippen LogP contribution in [0.15, 0.2) is 0 Å². The molecule has 8 heteroatoms. The van der Waals surface area contributed by atoms with E-state index in [0.29, 0.717) is 0 Å². The van der Waals surface area contributed by atoms with Gasteiger partial charge in [0.2, 0.25) is 0 Å². The van der Waals surface area contributed by atoms with Crippen molar-refractivity contribution >= 4 is 20.2 Å². The molecule has 1 aliphatic heterocycles. The van der Waals surface area contributed by atoms with Gasteiger partial charge in [-0.15, -0.1) is 0 Å². The Morgan fingerprint density at radius 1 is 0.591 bits per heavy atom. The molecular weight excluding hydrogens is 364 g/mol. The molecule has 22 heavy (non-hydrogen) atoms. The first kappa shape index (κ1) is 22.9. The van der Waals surface area contributed by atoms with E-state index in [1.165, 1.54) is 0 Å². The molecule has 1 heterocycles. The molecule has 1 saturated heterocycles. The second-order valence-corrected chi connectivity index (χ2v) is 7.97. The molecule has 1 rings (SSSR count). The molecule has 0 saturated carbocycles. The van der Waals surface area contributed by atoms with Crippen molar-refractivity contribution in [1.82, 2.24) is 24.9 Å². The maximum atomic E-state index is 4.80. The van der Waals surface area contributed by atoms with E-state index in [2.05, 4.69) is 53.1 Å². The van der Waals surface area contributed by atoms with E-state index >= 15 is 0 Å². The Morgan fingerprint density at radius 2 is 0.818 bits per heavy atom. The molecule has 135 valence electrons. The summed E-state index contributed by atoms with van der Waals surface area (Å²) in [5, 5.41) is 3.53. The zero-order valence-corrected chi connectivity index (χ0v) is 17.2. The molecule has 1 N–H and O–H groups in total. The maximum absolute atomic E-state index is 4.80. The van der Waals surface area contributed by atoms with Gasteiger partial charge in [0.25, 0.3) is 0 Å². The van der Waals surface area contributed by atoms with Crippen molar-refractivity contribution in [3.05, 3.63) is 0 Å². The van der Waals surface area contributed by atoms with Crippen LogP contribution < -0.4 is 5.32 Å². The molecule has 0 bridgehead atoms. The first-order valence-electron chi connectivity index (χ1n) is 7.81. The van der Waals surface area contributed by atoms with Gasteiger partial charge >= 0.3 is 33.3 Å². The number of nitrogens with one attached hydrogen (secondary N) is 1. The van der Waals surface area contributed by atoms with Crippen LogP contribution in [-0.4, -0.2) is 113 Å². The molecule has 5 nitrogen and oxygen atoms in total. The van der Waals surface area contributed by atoms with Gasteiger partial charge in [-0.1, -0.05) is 0 Å². The SMILES string of the molecule is CN1CCNCCN(C)CCN(C)CCN(C)CC1.[Cl][Mn][Cl]. The van der Waals surface area contributed by atoms with Gasteiger partial charge in [-0.2, -0.15) is 0 Å². The average Bonchev–Trinajstić information content (AvgIpc) is 2.48. The van der Waals surface area contributed by atoms with E-state index in [4.69, 9.17) is 20.2 Å².